The second kappa shape index (κ2) is 12.4. The van der Waals surface area contributed by atoms with Crippen molar-refractivity contribution in [1.82, 2.24) is 4.90 Å². The molecule has 8 nitrogen and oxygen atoms in total. The maximum Gasteiger partial charge on any atom is 0.261 e. The van der Waals surface area contributed by atoms with Crippen molar-refractivity contribution in [2.24, 2.45) is 0 Å². The van der Waals surface area contributed by atoms with Crippen molar-refractivity contribution in [3.8, 4) is 17.2 Å². The summed E-state index contributed by atoms with van der Waals surface area (Å²) in [6.07, 6.45) is -0.492. The second-order valence-corrected chi connectivity index (χ2v) is 9.23. The topological polar surface area (TPSA) is 100 Å². The predicted molar refractivity (Wildman–Crippen MR) is 156 cm³/mol. The standard InChI is InChI=1S/C31H29N3O5.ClH/c1-20(35)32-24-12-14-25(15-13-24)39-19-23-17-22(11-16-28(23)38-2)30-33-26-9-6-10-27(36)29(26)31(37)34(30)18-21-7-4-3-5-8-21;/h3-17,30,33,36H,18-19H2,1-2H3,(H,32,35);1H/t30-;/m0./s1. The molecule has 0 aliphatic carbocycles. The van der Waals surface area contributed by atoms with Crippen LogP contribution in [0, 0.1) is 0 Å². The van der Waals surface area contributed by atoms with E-state index in [1.807, 2.05) is 48.5 Å². The molecule has 0 fully saturated rings. The Labute approximate surface area is 239 Å². The second-order valence-electron chi connectivity index (χ2n) is 9.23. The summed E-state index contributed by atoms with van der Waals surface area (Å²) in [6.45, 7) is 2.04. The van der Waals surface area contributed by atoms with Gasteiger partial charge in [-0.3, -0.25) is 9.59 Å². The van der Waals surface area contributed by atoms with E-state index in [1.54, 1.807) is 48.4 Å². The lowest BCUT2D eigenvalue weighted by Crippen LogP contribution is -2.42. The molecule has 5 rings (SSSR count). The number of carbonyl (C=O) groups is 2. The quantitative estimate of drug-likeness (QED) is 0.240. The molecule has 1 heterocycles. The molecule has 3 N–H and O–H groups in total. The average Bonchev–Trinajstić information content (AvgIpc) is 2.94. The van der Waals surface area contributed by atoms with Gasteiger partial charge in [-0.1, -0.05) is 42.5 Å². The number of carbonyl (C=O) groups excluding carboxylic acids is 2. The number of nitrogens with zero attached hydrogens (tertiary/aromatic N) is 1. The minimum Gasteiger partial charge on any atom is -0.507 e. The maximum absolute atomic E-state index is 13.7. The number of hydrogen-bond acceptors (Lipinski definition) is 6. The van der Waals surface area contributed by atoms with Gasteiger partial charge in [0.1, 0.15) is 35.6 Å². The lowest BCUT2D eigenvalue weighted by molar-refractivity contribution is -0.114. The number of ether oxygens (including phenoxy) is 2. The van der Waals surface area contributed by atoms with Crippen molar-refractivity contribution in [2.45, 2.75) is 26.2 Å². The Bertz CT molecular complexity index is 1500. The van der Waals surface area contributed by atoms with Crippen LogP contribution in [0.1, 0.15) is 40.1 Å². The number of anilines is 2. The molecule has 206 valence electrons. The van der Waals surface area contributed by atoms with Crippen LogP contribution in [-0.2, 0) is 17.9 Å². The summed E-state index contributed by atoms with van der Waals surface area (Å²) in [4.78, 5) is 26.7. The van der Waals surface area contributed by atoms with Crippen LogP contribution in [0.5, 0.6) is 17.2 Å². The molecule has 1 aliphatic heterocycles. The van der Waals surface area contributed by atoms with Gasteiger partial charge in [0.2, 0.25) is 5.91 Å². The summed E-state index contributed by atoms with van der Waals surface area (Å²) in [5.41, 5.74) is 4.13. The van der Waals surface area contributed by atoms with Gasteiger partial charge in [-0.25, -0.2) is 0 Å². The van der Waals surface area contributed by atoms with E-state index in [4.69, 9.17) is 9.47 Å². The molecule has 40 heavy (non-hydrogen) atoms. The lowest BCUT2D eigenvalue weighted by atomic mass is 10.00. The van der Waals surface area contributed by atoms with E-state index in [2.05, 4.69) is 10.6 Å². The first-order valence-corrected chi connectivity index (χ1v) is 12.5. The average molecular weight is 560 g/mol. The molecular formula is C31H30ClN3O5. The number of benzene rings is 4. The van der Waals surface area contributed by atoms with E-state index >= 15 is 0 Å². The SMILES string of the molecule is COc1ccc([C@H]2Nc3cccc(O)c3C(=O)N2Cc2ccccc2)cc1COc1ccc(NC(C)=O)cc1.Cl. The third kappa shape index (κ3) is 6.13. The third-order valence-corrected chi connectivity index (χ3v) is 6.51. The number of methoxy groups -OCH3 is 1. The van der Waals surface area contributed by atoms with E-state index in [0.717, 1.165) is 16.7 Å². The molecule has 4 aromatic rings. The summed E-state index contributed by atoms with van der Waals surface area (Å²) >= 11 is 0. The Morgan fingerprint density at radius 1 is 1.00 bits per heavy atom. The highest BCUT2D eigenvalue weighted by molar-refractivity contribution is 6.04. The Morgan fingerprint density at radius 2 is 1.75 bits per heavy atom. The van der Waals surface area contributed by atoms with Gasteiger partial charge in [0, 0.05) is 24.7 Å². The number of nitrogens with one attached hydrogen (secondary N) is 2. The molecule has 0 saturated heterocycles. The molecule has 0 unspecified atom stereocenters. The summed E-state index contributed by atoms with van der Waals surface area (Å²) < 4.78 is 11.6. The number of fused-ring (bicyclic) bond motifs is 1. The molecule has 0 bridgehead atoms. The highest BCUT2D eigenvalue weighted by Gasteiger charge is 2.35. The van der Waals surface area contributed by atoms with Crippen LogP contribution in [0.4, 0.5) is 11.4 Å². The van der Waals surface area contributed by atoms with E-state index in [-0.39, 0.29) is 42.1 Å². The van der Waals surface area contributed by atoms with Crippen molar-refractivity contribution >= 4 is 35.6 Å². The first-order chi connectivity index (χ1) is 18.9. The Kier molecular flexibility index (Phi) is 8.81. The molecule has 1 aliphatic rings. The summed E-state index contributed by atoms with van der Waals surface area (Å²) in [5.74, 6) is 0.832. The molecule has 1 atom stereocenters. The zero-order valence-corrected chi connectivity index (χ0v) is 22.9. The largest absolute Gasteiger partial charge is 0.507 e. The van der Waals surface area contributed by atoms with Crippen LogP contribution in [0.2, 0.25) is 0 Å². The van der Waals surface area contributed by atoms with Gasteiger partial charge in [-0.15, -0.1) is 12.4 Å². The van der Waals surface area contributed by atoms with Crippen molar-refractivity contribution in [3.05, 3.63) is 113 Å². The van der Waals surface area contributed by atoms with Gasteiger partial charge < -0.3 is 30.1 Å². The Balaban J connectivity index is 0.00000370. The lowest BCUT2D eigenvalue weighted by Gasteiger charge is -2.38. The summed E-state index contributed by atoms with van der Waals surface area (Å²) in [7, 11) is 1.60. The molecule has 0 saturated carbocycles. The van der Waals surface area contributed by atoms with Crippen LogP contribution in [0.25, 0.3) is 0 Å². The van der Waals surface area contributed by atoms with Crippen molar-refractivity contribution in [3.63, 3.8) is 0 Å². The normalized spacial score (nSPS) is 13.9. The third-order valence-electron chi connectivity index (χ3n) is 6.51. The fourth-order valence-corrected chi connectivity index (χ4v) is 4.66. The molecule has 0 radical (unpaired) electrons. The van der Waals surface area contributed by atoms with E-state index in [1.165, 1.54) is 13.0 Å². The molecule has 0 spiro atoms. The fraction of sp³-hybridized carbons (Fsp3) is 0.161. The molecule has 2 amide bonds. The van der Waals surface area contributed by atoms with Crippen molar-refractivity contribution in [2.75, 3.05) is 17.7 Å². The van der Waals surface area contributed by atoms with Gasteiger partial charge in [0.05, 0.1) is 12.8 Å². The predicted octanol–water partition coefficient (Wildman–Crippen LogP) is 6.13. The van der Waals surface area contributed by atoms with Gasteiger partial charge in [-0.2, -0.15) is 0 Å². The highest BCUT2D eigenvalue weighted by atomic mass is 35.5. The monoisotopic (exact) mass is 559 g/mol. The van der Waals surface area contributed by atoms with Crippen LogP contribution in [-0.4, -0.2) is 28.9 Å². The molecule has 4 aromatic carbocycles. The Morgan fingerprint density at radius 3 is 2.45 bits per heavy atom. The Hall–Kier alpha value is -4.69. The van der Waals surface area contributed by atoms with E-state index in [9.17, 15) is 14.7 Å². The number of halogens is 1. The van der Waals surface area contributed by atoms with Gasteiger partial charge in [0.25, 0.3) is 5.91 Å². The number of phenolic OH excluding ortho intramolecular Hbond substituents is 1. The van der Waals surface area contributed by atoms with Crippen LogP contribution < -0.4 is 20.1 Å². The maximum atomic E-state index is 13.7. The number of rotatable bonds is 8. The number of hydrogen-bond donors (Lipinski definition) is 3. The summed E-state index contributed by atoms with van der Waals surface area (Å²) in [5, 5.41) is 16.7. The first kappa shape index (κ1) is 28.3. The molecular weight excluding hydrogens is 530 g/mol. The van der Waals surface area contributed by atoms with Gasteiger partial charge in [-0.05, 0) is 59.7 Å². The van der Waals surface area contributed by atoms with E-state index in [0.29, 0.717) is 29.4 Å². The highest BCUT2D eigenvalue weighted by Crippen LogP contribution is 2.39. The van der Waals surface area contributed by atoms with E-state index < -0.39 is 6.17 Å². The smallest absolute Gasteiger partial charge is 0.261 e. The fourth-order valence-electron chi connectivity index (χ4n) is 4.66. The molecule has 0 aromatic heterocycles. The van der Waals surface area contributed by atoms with Crippen LogP contribution in [0.3, 0.4) is 0 Å². The number of amides is 2. The summed E-state index contributed by atoms with van der Waals surface area (Å²) in [6, 6.07) is 27.6. The van der Waals surface area contributed by atoms with Crippen molar-refractivity contribution in [1.29, 1.82) is 0 Å². The zero-order chi connectivity index (χ0) is 27.4. The molecule has 9 heteroatoms. The minimum atomic E-state index is -0.492. The first-order valence-electron chi connectivity index (χ1n) is 12.5. The van der Waals surface area contributed by atoms with Crippen molar-refractivity contribution < 1.29 is 24.2 Å². The minimum absolute atomic E-state index is 0. The zero-order valence-electron chi connectivity index (χ0n) is 22.1. The van der Waals surface area contributed by atoms with Gasteiger partial charge in [0.15, 0.2) is 0 Å². The van der Waals surface area contributed by atoms with Crippen LogP contribution >= 0.6 is 12.4 Å². The number of aromatic hydroxyl groups is 1. The van der Waals surface area contributed by atoms with Crippen LogP contribution in [0.15, 0.2) is 91.0 Å². The van der Waals surface area contributed by atoms with Gasteiger partial charge >= 0.3 is 0 Å². The number of phenols is 1.